The number of nitrogens with zero attached hydrogens (tertiary/aromatic N) is 1. The first kappa shape index (κ1) is 17.1. The molecule has 0 atom stereocenters. The molecular formula is C19H20Cl2N2O. The van der Waals surface area contributed by atoms with Crippen molar-refractivity contribution in [2.45, 2.75) is 25.8 Å². The molecular weight excluding hydrogens is 343 g/mol. The summed E-state index contributed by atoms with van der Waals surface area (Å²) < 4.78 is 0. The van der Waals surface area contributed by atoms with E-state index < -0.39 is 0 Å². The maximum Gasteiger partial charge on any atom is 0.251 e. The van der Waals surface area contributed by atoms with Gasteiger partial charge in [0.2, 0.25) is 0 Å². The molecule has 1 fully saturated rings. The zero-order valence-electron chi connectivity index (χ0n) is 13.4. The summed E-state index contributed by atoms with van der Waals surface area (Å²) in [4.78, 5) is 14.7. The normalized spacial score (nSPS) is 14.5. The van der Waals surface area contributed by atoms with Crippen LogP contribution in [0, 0.1) is 0 Å². The third kappa shape index (κ3) is 4.22. The van der Waals surface area contributed by atoms with Crippen LogP contribution in [0.5, 0.6) is 0 Å². The van der Waals surface area contributed by atoms with E-state index in [4.69, 9.17) is 23.2 Å². The van der Waals surface area contributed by atoms with Gasteiger partial charge >= 0.3 is 0 Å². The fraction of sp³-hybridized carbons (Fsp3) is 0.316. The van der Waals surface area contributed by atoms with E-state index in [-0.39, 0.29) is 5.91 Å². The lowest BCUT2D eigenvalue weighted by Gasteiger charge is -2.28. The largest absolute Gasteiger partial charge is 0.372 e. The molecule has 3 rings (SSSR count). The van der Waals surface area contributed by atoms with Gasteiger partial charge in [0, 0.05) is 40.9 Å². The molecule has 0 aromatic heterocycles. The van der Waals surface area contributed by atoms with Crippen LogP contribution in [0.1, 0.15) is 35.2 Å². The van der Waals surface area contributed by atoms with Gasteiger partial charge in [0.25, 0.3) is 5.91 Å². The number of benzene rings is 2. The lowest BCUT2D eigenvalue weighted by atomic mass is 10.1. The van der Waals surface area contributed by atoms with Gasteiger partial charge in [-0.2, -0.15) is 0 Å². The molecule has 0 bridgehead atoms. The minimum absolute atomic E-state index is 0.105. The fourth-order valence-electron chi connectivity index (χ4n) is 2.92. The van der Waals surface area contributed by atoms with Crippen LogP contribution < -0.4 is 10.2 Å². The predicted octanol–water partition coefficient (Wildman–Crippen LogP) is 4.91. The Morgan fingerprint density at radius 3 is 2.38 bits per heavy atom. The van der Waals surface area contributed by atoms with Crippen LogP contribution in [-0.4, -0.2) is 19.0 Å². The van der Waals surface area contributed by atoms with Crippen LogP contribution in [0.25, 0.3) is 0 Å². The first-order valence-corrected chi connectivity index (χ1v) is 8.96. The molecule has 0 radical (unpaired) electrons. The molecule has 126 valence electrons. The number of nitrogens with one attached hydrogen (secondary N) is 1. The number of carbonyl (C=O) groups excluding carboxylic acids is 1. The summed E-state index contributed by atoms with van der Waals surface area (Å²) >= 11 is 12.0. The summed E-state index contributed by atoms with van der Waals surface area (Å²) in [6.45, 7) is 2.57. The van der Waals surface area contributed by atoms with Gasteiger partial charge in [0.15, 0.2) is 0 Å². The van der Waals surface area contributed by atoms with E-state index in [0.717, 1.165) is 18.7 Å². The highest BCUT2D eigenvalue weighted by atomic mass is 35.5. The molecule has 2 aromatic rings. The minimum Gasteiger partial charge on any atom is -0.372 e. The summed E-state index contributed by atoms with van der Waals surface area (Å²) in [6.07, 6.45) is 3.79. The summed E-state index contributed by atoms with van der Waals surface area (Å²) in [5, 5.41) is 4.04. The molecule has 1 saturated heterocycles. The molecule has 1 heterocycles. The number of anilines is 1. The highest BCUT2D eigenvalue weighted by molar-refractivity contribution is 6.35. The van der Waals surface area contributed by atoms with Crippen LogP contribution in [0.2, 0.25) is 10.0 Å². The number of hydrogen-bond acceptors (Lipinski definition) is 2. The number of rotatable bonds is 4. The Hall–Kier alpha value is -1.71. The number of amides is 1. The van der Waals surface area contributed by atoms with E-state index in [1.807, 2.05) is 30.3 Å². The van der Waals surface area contributed by atoms with Crippen LogP contribution in [-0.2, 0) is 6.54 Å². The van der Waals surface area contributed by atoms with Crippen LogP contribution in [0.3, 0.4) is 0 Å². The highest BCUT2D eigenvalue weighted by Crippen LogP contribution is 2.22. The molecule has 0 aliphatic carbocycles. The molecule has 1 aliphatic rings. The minimum atomic E-state index is -0.105. The monoisotopic (exact) mass is 362 g/mol. The van der Waals surface area contributed by atoms with E-state index in [0.29, 0.717) is 22.2 Å². The third-order valence-electron chi connectivity index (χ3n) is 4.31. The zero-order chi connectivity index (χ0) is 16.9. The Bertz CT molecular complexity index is 710. The average molecular weight is 363 g/mol. The first-order valence-electron chi connectivity index (χ1n) is 8.20. The predicted molar refractivity (Wildman–Crippen MR) is 100 cm³/mol. The van der Waals surface area contributed by atoms with Gasteiger partial charge in [-0.15, -0.1) is 0 Å². The number of hydrogen-bond donors (Lipinski definition) is 1. The first-order chi connectivity index (χ1) is 11.6. The Balaban J connectivity index is 1.60. The lowest BCUT2D eigenvalue weighted by Crippen LogP contribution is -2.29. The van der Waals surface area contributed by atoms with Gasteiger partial charge in [0.1, 0.15) is 0 Å². The summed E-state index contributed by atoms with van der Waals surface area (Å²) in [7, 11) is 0. The number of piperidine rings is 1. The molecule has 0 unspecified atom stereocenters. The maximum absolute atomic E-state index is 12.3. The van der Waals surface area contributed by atoms with E-state index in [9.17, 15) is 4.79 Å². The molecule has 1 amide bonds. The van der Waals surface area contributed by atoms with Crippen molar-refractivity contribution in [3.63, 3.8) is 0 Å². The summed E-state index contributed by atoms with van der Waals surface area (Å²) in [6, 6.07) is 13.1. The lowest BCUT2D eigenvalue weighted by molar-refractivity contribution is 0.0951. The molecule has 1 N–H and O–H groups in total. The maximum atomic E-state index is 12.3. The zero-order valence-corrected chi connectivity index (χ0v) is 14.9. The van der Waals surface area contributed by atoms with E-state index in [2.05, 4.69) is 10.2 Å². The Morgan fingerprint density at radius 1 is 1.00 bits per heavy atom. The second-order valence-electron chi connectivity index (χ2n) is 6.01. The third-order valence-corrected chi connectivity index (χ3v) is 4.89. The van der Waals surface area contributed by atoms with Gasteiger partial charge in [0.05, 0.1) is 0 Å². The Labute approximate surface area is 152 Å². The Kier molecular flexibility index (Phi) is 5.64. The number of carbonyl (C=O) groups is 1. The topological polar surface area (TPSA) is 32.3 Å². The van der Waals surface area contributed by atoms with Crippen molar-refractivity contribution in [3.05, 3.63) is 63.6 Å². The molecule has 1 aliphatic heterocycles. The standard InChI is InChI=1S/C19H20Cl2N2O/c20-16-7-4-15(18(21)12-16)13-22-19(24)14-5-8-17(9-6-14)23-10-2-1-3-11-23/h4-9,12H,1-3,10-11,13H2,(H,22,24). The second kappa shape index (κ2) is 7.91. The summed E-state index contributed by atoms with van der Waals surface area (Å²) in [5.74, 6) is -0.105. The van der Waals surface area contributed by atoms with Gasteiger partial charge < -0.3 is 10.2 Å². The van der Waals surface area contributed by atoms with Crippen molar-refractivity contribution < 1.29 is 4.79 Å². The van der Waals surface area contributed by atoms with E-state index in [1.165, 1.54) is 24.9 Å². The molecule has 0 spiro atoms. The van der Waals surface area contributed by atoms with Crippen molar-refractivity contribution in [1.29, 1.82) is 0 Å². The van der Waals surface area contributed by atoms with Crippen molar-refractivity contribution in [2.75, 3.05) is 18.0 Å². The van der Waals surface area contributed by atoms with Gasteiger partial charge in [-0.25, -0.2) is 0 Å². The SMILES string of the molecule is O=C(NCc1ccc(Cl)cc1Cl)c1ccc(N2CCCCC2)cc1. The van der Waals surface area contributed by atoms with Crippen molar-refractivity contribution >= 4 is 34.8 Å². The van der Waals surface area contributed by atoms with Crippen molar-refractivity contribution in [3.8, 4) is 0 Å². The average Bonchev–Trinajstić information content (AvgIpc) is 2.62. The van der Waals surface area contributed by atoms with E-state index in [1.54, 1.807) is 12.1 Å². The van der Waals surface area contributed by atoms with Crippen LogP contribution in [0.4, 0.5) is 5.69 Å². The highest BCUT2D eigenvalue weighted by Gasteiger charge is 2.12. The molecule has 24 heavy (non-hydrogen) atoms. The summed E-state index contributed by atoms with van der Waals surface area (Å²) in [5.41, 5.74) is 2.69. The quantitative estimate of drug-likeness (QED) is 0.837. The van der Waals surface area contributed by atoms with E-state index >= 15 is 0 Å². The van der Waals surface area contributed by atoms with Crippen molar-refractivity contribution in [1.82, 2.24) is 5.32 Å². The molecule has 0 saturated carbocycles. The number of halogens is 2. The fourth-order valence-corrected chi connectivity index (χ4v) is 3.39. The van der Waals surface area contributed by atoms with Crippen LogP contribution in [0.15, 0.2) is 42.5 Å². The van der Waals surface area contributed by atoms with Gasteiger partial charge in [-0.3, -0.25) is 4.79 Å². The van der Waals surface area contributed by atoms with Crippen LogP contribution >= 0.6 is 23.2 Å². The molecule has 2 aromatic carbocycles. The van der Waals surface area contributed by atoms with Crippen molar-refractivity contribution in [2.24, 2.45) is 0 Å². The van der Waals surface area contributed by atoms with Gasteiger partial charge in [-0.1, -0.05) is 29.3 Å². The second-order valence-corrected chi connectivity index (χ2v) is 6.86. The molecule has 3 nitrogen and oxygen atoms in total. The Morgan fingerprint density at radius 2 is 1.71 bits per heavy atom. The smallest absolute Gasteiger partial charge is 0.251 e. The molecule has 5 heteroatoms. The van der Waals surface area contributed by atoms with Gasteiger partial charge in [-0.05, 0) is 61.2 Å².